The predicted octanol–water partition coefficient (Wildman–Crippen LogP) is 3.36. The van der Waals surface area contributed by atoms with Crippen LogP contribution < -0.4 is 4.74 Å². The van der Waals surface area contributed by atoms with E-state index in [1.165, 1.54) is 30.6 Å². The number of carboxylic acid groups (broad SMARTS) is 1. The van der Waals surface area contributed by atoms with Crippen molar-refractivity contribution in [2.24, 2.45) is 0 Å². The lowest BCUT2D eigenvalue weighted by Gasteiger charge is -2.08. The molecule has 0 saturated heterocycles. The minimum atomic E-state index is -1.40. The van der Waals surface area contributed by atoms with E-state index in [1.807, 2.05) is 0 Å². The largest absolute Gasteiger partial charge is 0.477 e. The minimum absolute atomic E-state index is 0.105. The summed E-state index contributed by atoms with van der Waals surface area (Å²) in [4.78, 5) is 14.7. The van der Waals surface area contributed by atoms with Gasteiger partial charge in [-0.1, -0.05) is 17.7 Å². The molecule has 0 saturated carbocycles. The Balaban J connectivity index is 2.40. The molecule has 6 heteroatoms. The molecule has 0 fully saturated rings. The van der Waals surface area contributed by atoms with E-state index < -0.39 is 17.3 Å². The first-order valence-electron chi connectivity index (χ1n) is 4.88. The molecule has 0 aliphatic heterocycles. The van der Waals surface area contributed by atoms with E-state index in [4.69, 9.17) is 21.4 Å². The predicted molar refractivity (Wildman–Crippen MR) is 62.7 cm³/mol. The van der Waals surface area contributed by atoms with Crippen LogP contribution in [0.25, 0.3) is 0 Å². The molecule has 0 bridgehead atoms. The van der Waals surface area contributed by atoms with Crippen LogP contribution in [0.5, 0.6) is 11.5 Å². The second-order valence-electron chi connectivity index (χ2n) is 3.36. The molecule has 4 nitrogen and oxygen atoms in total. The molecule has 1 aromatic heterocycles. The van der Waals surface area contributed by atoms with Gasteiger partial charge in [-0.15, -0.1) is 0 Å². The van der Waals surface area contributed by atoms with Gasteiger partial charge in [0, 0.05) is 12.3 Å². The number of nitrogens with zero attached hydrogens (tertiary/aromatic N) is 1. The topological polar surface area (TPSA) is 59.4 Å². The van der Waals surface area contributed by atoms with Crippen molar-refractivity contribution in [2.75, 3.05) is 0 Å². The van der Waals surface area contributed by atoms with E-state index in [0.29, 0.717) is 5.02 Å². The summed E-state index contributed by atoms with van der Waals surface area (Å²) in [6, 6.07) is 5.21. The zero-order valence-electron chi connectivity index (χ0n) is 8.93. The van der Waals surface area contributed by atoms with Gasteiger partial charge in [0.2, 0.25) is 0 Å². The number of benzene rings is 1. The van der Waals surface area contributed by atoms with Crippen LogP contribution in [-0.2, 0) is 0 Å². The van der Waals surface area contributed by atoms with Gasteiger partial charge in [-0.05, 0) is 12.1 Å². The molecule has 0 atom stereocenters. The fourth-order valence-electron chi connectivity index (χ4n) is 1.37. The summed E-state index contributed by atoms with van der Waals surface area (Å²) in [5.74, 6) is -2.14. The minimum Gasteiger partial charge on any atom is -0.477 e. The number of carboxylic acids is 1. The maximum atomic E-state index is 13.4. The molecule has 1 heterocycles. The first-order valence-corrected chi connectivity index (χ1v) is 5.26. The van der Waals surface area contributed by atoms with Crippen molar-refractivity contribution in [1.29, 1.82) is 0 Å². The van der Waals surface area contributed by atoms with Gasteiger partial charge in [0.1, 0.15) is 22.9 Å². The molecule has 18 heavy (non-hydrogen) atoms. The third-order valence-corrected chi connectivity index (χ3v) is 2.30. The fraction of sp³-hybridized carbons (Fsp3) is 0. The number of hydrogen-bond acceptors (Lipinski definition) is 3. The highest BCUT2D eigenvalue weighted by Gasteiger charge is 2.17. The summed E-state index contributed by atoms with van der Waals surface area (Å²) >= 11 is 5.71. The molecular formula is C12H7ClFNO3. The van der Waals surface area contributed by atoms with Crippen LogP contribution in [0.1, 0.15) is 10.4 Å². The summed E-state index contributed by atoms with van der Waals surface area (Å²) in [7, 11) is 0. The molecular weight excluding hydrogens is 261 g/mol. The Kier molecular flexibility index (Phi) is 3.43. The maximum Gasteiger partial charge on any atom is 0.342 e. The first-order chi connectivity index (χ1) is 8.58. The van der Waals surface area contributed by atoms with Crippen LogP contribution >= 0.6 is 11.6 Å². The molecule has 0 aliphatic carbocycles. The third kappa shape index (κ3) is 2.57. The van der Waals surface area contributed by atoms with Gasteiger partial charge < -0.3 is 9.84 Å². The number of carbonyl (C=O) groups is 1. The molecule has 1 aromatic carbocycles. The normalized spacial score (nSPS) is 10.1. The quantitative estimate of drug-likeness (QED) is 0.926. The Morgan fingerprint density at radius 1 is 1.39 bits per heavy atom. The highest BCUT2D eigenvalue weighted by Crippen LogP contribution is 2.27. The molecule has 0 aliphatic rings. The van der Waals surface area contributed by atoms with Gasteiger partial charge >= 0.3 is 5.97 Å². The van der Waals surface area contributed by atoms with Gasteiger partial charge in [0.15, 0.2) is 0 Å². The van der Waals surface area contributed by atoms with Gasteiger partial charge in [-0.2, -0.15) is 0 Å². The van der Waals surface area contributed by atoms with E-state index in [0.717, 1.165) is 6.07 Å². The molecule has 0 spiro atoms. The standard InChI is InChI=1S/C12H7ClFNO3/c13-7-4-8(6-15-5-7)18-10-3-1-2-9(14)11(10)12(16)17/h1-6H,(H,16,17). The summed E-state index contributed by atoms with van der Waals surface area (Å²) < 4.78 is 18.6. The summed E-state index contributed by atoms with van der Waals surface area (Å²) in [5, 5.41) is 9.25. The molecule has 0 amide bonds. The second-order valence-corrected chi connectivity index (χ2v) is 3.80. The van der Waals surface area contributed by atoms with Crippen molar-refractivity contribution in [2.45, 2.75) is 0 Å². The Morgan fingerprint density at radius 2 is 2.17 bits per heavy atom. The van der Waals surface area contributed by atoms with Crippen molar-refractivity contribution in [3.63, 3.8) is 0 Å². The molecule has 0 radical (unpaired) electrons. The maximum absolute atomic E-state index is 13.4. The summed E-state index contributed by atoms with van der Waals surface area (Å²) in [5.41, 5.74) is -0.530. The monoisotopic (exact) mass is 267 g/mol. The Bertz CT molecular complexity index is 604. The smallest absolute Gasteiger partial charge is 0.342 e. The Hall–Kier alpha value is -2.14. The zero-order chi connectivity index (χ0) is 13.1. The number of halogens is 2. The van der Waals surface area contributed by atoms with Crippen LogP contribution in [-0.4, -0.2) is 16.1 Å². The van der Waals surface area contributed by atoms with E-state index in [9.17, 15) is 9.18 Å². The fourth-order valence-corrected chi connectivity index (χ4v) is 1.54. The molecule has 92 valence electrons. The lowest BCUT2D eigenvalue weighted by Crippen LogP contribution is -2.03. The van der Waals surface area contributed by atoms with Crippen LogP contribution in [0.15, 0.2) is 36.7 Å². The van der Waals surface area contributed by atoms with Crippen LogP contribution in [0.3, 0.4) is 0 Å². The van der Waals surface area contributed by atoms with Crippen molar-refractivity contribution in [1.82, 2.24) is 4.98 Å². The van der Waals surface area contributed by atoms with Crippen LogP contribution in [0, 0.1) is 5.82 Å². The Labute approximate surface area is 107 Å². The molecule has 0 unspecified atom stereocenters. The highest BCUT2D eigenvalue weighted by molar-refractivity contribution is 6.30. The number of aromatic nitrogens is 1. The zero-order valence-corrected chi connectivity index (χ0v) is 9.69. The third-order valence-electron chi connectivity index (χ3n) is 2.10. The first kappa shape index (κ1) is 12.3. The number of ether oxygens (including phenoxy) is 1. The van der Waals surface area contributed by atoms with Crippen molar-refractivity contribution in [3.8, 4) is 11.5 Å². The average molecular weight is 268 g/mol. The number of aromatic carboxylic acids is 1. The lowest BCUT2D eigenvalue weighted by molar-refractivity contribution is 0.0689. The van der Waals surface area contributed by atoms with Gasteiger partial charge in [-0.3, -0.25) is 4.98 Å². The highest BCUT2D eigenvalue weighted by atomic mass is 35.5. The van der Waals surface area contributed by atoms with Crippen LogP contribution in [0.4, 0.5) is 4.39 Å². The number of hydrogen-bond donors (Lipinski definition) is 1. The summed E-state index contributed by atoms with van der Waals surface area (Å²) in [6.45, 7) is 0. The molecule has 2 aromatic rings. The van der Waals surface area contributed by atoms with Crippen molar-refractivity contribution >= 4 is 17.6 Å². The molecule has 1 N–H and O–H groups in total. The average Bonchev–Trinajstić information content (AvgIpc) is 2.28. The van der Waals surface area contributed by atoms with E-state index in [-0.39, 0.29) is 11.5 Å². The SMILES string of the molecule is O=C(O)c1c(F)cccc1Oc1cncc(Cl)c1. The number of pyridine rings is 1. The van der Waals surface area contributed by atoms with E-state index in [1.54, 1.807) is 0 Å². The van der Waals surface area contributed by atoms with Gasteiger partial charge in [-0.25, -0.2) is 9.18 Å². The second kappa shape index (κ2) is 5.01. The van der Waals surface area contributed by atoms with Crippen molar-refractivity contribution < 1.29 is 19.0 Å². The Morgan fingerprint density at radius 3 is 2.83 bits per heavy atom. The summed E-state index contributed by atoms with van der Waals surface area (Å²) in [6.07, 6.45) is 2.75. The van der Waals surface area contributed by atoms with Gasteiger partial charge in [0.25, 0.3) is 0 Å². The van der Waals surface area contributed by atoms with Crippen molar-refractivity contribution in [3.05, 3.63) is 53.1 Å². The van der Waals surface area contributed by atoms with E-state index in [2.05, 4.69) is 4.98 Å². The van der Waals surface area contributed by atoms with E-state index >= 15 is 0 Å². The number of rotatable bonds is 3. The van der Waals surface area contributed by atoms with Crippen LogP contribution in [0.2, 0.25) is 5.02 Å². The van der Waals surface area contributed by atoms with Gasteiger partial charge in [0.05, 0.1) is 11.2 Å². The lowest BCUT2D eigenvalue weighted by atomic mass is 10.2. The molecule has 2 rings (SSSR count).